The predicted octanol–water partition coefficient (Wildman–Crippen LogP) is 4.22. The monoisotopic (exact) mass is 525 g/mol. The molecule has 0 spiro atoms. The summed E-state index contributed by atoms with van der Waals surface area (Å²) >= 11 is 1.43. The van der Waals surface area contributed by atoms with E-state index in [9.17, 15) is 19.1 Å². The highest BCUT2D eigenvalue weighted by molar-refractivity contribution is 7.98. The zero-order valence-corrected chi connectivity index (χ0v) is 20.9. The Hall–Kier alpha value is -3.37. The lowest BCUT2D eigenvalue weighted by atomic mass is 9.92. The van der Waals surface area contributed by atoms with Crippen molar-refractivity contribution in [1.82, 2.24) is 9.58 Å². The average Bonchev–Trinajstić information content (AvgIpc) is 3.09. The Labute approximate surface area is 216 Å². The van der Waals surface area contributed by atoms with Gasteiger partial charge in [-0.1, -0.05) is 18.2 Å². The number of hydrogen-bond donors (Lipinski definition) is 2. The van der Waals surface area contributed by atoms with Crippen LogP contribution in [-0.2, 0) is 16.9 Å². The molecule has 0 saturated carbocycles. The maximum atomic E-state index is 15.1. The highest BCUT2D eigenvalue weighted by Crippen LogP contribution is 2.41. The molecule has 1 aromatic heterocycles. The van der Waals surface area contributed by atoms with E-state index in [0.29, 0.717) is 30.6 Å². The van der Waals surface area contributed by atoms with Crippen LogP contribution in [0.25, 0.3) is 11.3 Å². The smallest absolute Gasteiger partial charge is 0.278 e. The third-order valence-corrected chi connectivity index (χ3v) is 8.57. The van der Waals surface area contributed by atoms with E-state index in [0.717, 1.165) is 29.4 Å². The number of aromatic hydroxyl groups is 1. The molecule has 3 aliphatic heterocycles. The van der Waals surface area contributed by atoms with E-state index in [1.54, 1.807) is 12.0 Å². The topological polar surface area (TPSA) is 83.8 Å². The Balaban J connectivity index is 1.57. The molecule has 1 amide bonds. The summed E-state index contributed by atoms with van der Waals surface area (Å²) in [6.45, 7) is 0.322. The van der Waals surface area contributed by atoms with Gasteiger partial charge in [0.1, 0.15) is 6.17 Å². The van der Waals surface area contributed by atoms with Crippen LogP contribution in [0.3, 0.4) is 0 Å². The number of pyridine rings is 1. The number of nitrogens with one attached hydrogen (secondary N) is 1. The van der Waals surface area contributed by atoms with Crippen molar-refractivity contribution in [3.63, 3.8) is 0 Å². The quantitative estimate of drug-likeness (QED) is 0.533. The summed E-state index contributed by atoms with van der Waals surface area (Å²) in [6, 6.07) is 9.73. The molecule has 10 heteroatoms. The second-order valence-electron chi connectivity index (χ2n) is 9.57. The maximum Gasteiger partial charge on any atom is 0.278 e. The molecule has 4 heterocycles. The number of halogens is 2. The summed E-state index contributed by atoms with van der Waals surface area (Å²) < 4.78 is 36.7. The van der Waals surface area contributed by atoms with E-state index in [2.05, 4.69) is 5.43 Å². The summed E-state index contributed by atoms with van der Waals surface area (Å²) in [7, 11) is 1.56. The number of methoxy groups -OCH3 is 1. The van der Waals surface area contributed by atoms with Crippen molar-refractivity contribution in [1.29, 1.82) is 0 Å². The lowest BCUT2D eigenvalue weighted by Gasteiger charge is -2.46. The van der Waals surface area contributed by atoms with Crippen LogP contribution >= 0.6 is 11.8 Å². The SMILES string of the molecule is COCC1CCC[C@H]2Nn3c(-c4cc(F)c(F)c5c4Cc4ccccc4SC5)cc(=O)c(O)c3C(=O)N12. The molecule has 0 bridgehead atoms. The molecule has 2 atom stereocenters. The molecule has 3 aliphatic rings. The van der Waals surface area contributed by atoms with Crippen molar-refractivity contribution in [2.45, 2.75) is 48.5 Å². The standard InChI is InChI=1S/C27H25F2N3O4S/c1-36-12-15-6-4-8-23-30-32-20(11-21(33)26(34)25(32)27(35)31(15)23)17-10-19(28)24(29)18-13-37-22-7-3-2-5-14(22)9-16(17)18/h2-3,5,7,10-11,15,23,30,34H,4,6,8-9,12-13H2,1H3/t15?,23-/m0/s1. The fraction of sp³-hybridized carbons (Fsp3) is 0.333. The molecule has 0 radical (unpaired) electrons. The largest absolute Gasteiger partial charge is 0.502 e. The molecule has 37 heavy (non-hydrogen) atoms. The number of ether oxygens (including phenoxy) is 1. The molecule has 6 rings (SSSR count). The van der Waals surface area contributed by atoms with Gasteiger partial charge >= 0.3 is 0 Å². The summed E-state index contributed by atoms with van der Waals surface area (Å²) in [5, 5.41) is 10.7. The lowest BCUT2D eigenvalue weighted by Crippen LogP contribution is -2.60. The number of fused-ring (bicyclic) bond motifs is 4. The van der Waals surface area contributed by atoms with E-state index < -0.39 is 34.9 Å². The van der Waals surface area contributed by atoms with E-state index in [1.165, 1.54) is 22.5 Å². The zero-order valence-electron chi connectivity index (χ0n) is 20.1. The molecule has 7 nitrogen and oxygen atoms in total. The van der Waals surface area contributed by atoms with Gasteiger partial charge in [-0.15, -0.1) is 11.8 Å². The Bertz CT molecular complexity index is 1490. The number of thioether (sulfide) groups is 1. The second kappa shape index (κ2) is 9.18. The minimum absolute atomic E-state index is 0.208. The van der Waals surface area contributed by atoms with Crippen LogP contribution in [0.4, 0.5) is 8.78 Å². The van der Waals surface area contributed by atoms with Gasteiger partial charge in [-0.05, 0) is 48.9 Å². The van der Waals surface area contributed by atoms with Crippen molar-refractivity contribution in [3.8, 4) is 17.0 Å². The van der Waals surface area contributed by atoms with Crippen molar-refractivity contribution in [3.05, 3.63) is 80.6 Å². The fourth-order valence-corrected chi connectivity index (χ4v) is 6.80. The highest BCUT2D eigenvalue weighted by atomic mass is 32.2. The van der Waals surface area contributed by atoms with Crippen molar-refractivity contribution >= 4 is 17.7 Å². The first-order valence-electron chi connectivity index (χ1n) is 12.2. The molecule has 3 aromatic rings. The number of nitrogens with zero attached hydrogens (tertiary/aromatic N) is 2. The molecule has 1 fully saturated rings. The van der Waals surface area contributed by atoms with Crippen LogP contribution in [0.2, 0.25) is 0 Å². The number of rotatable bonds is 3. The summed E-state index contributed by atoms with van der Waals surface area (Å²) in [4.78, 5) is 29.2. The third kappa shape index (κ3) is 3.81. The van der Waals surface area contributed by atoms with Crippen LogP contribution in [-0.4, -0.2) is 46.5 Å². The normalized spacial score (nSPS) is 20.3. The van der Waals surface area contributed by atoms with Gasteiger partial charge in [0.15, 0.2) is 23.1 Å². The highest BCUT2D eigenvalue weighted by Gasteiger charge is 2.42. The average molecular weight is 526 g/mol. The van der Waals surface area contributed by atoms with Crippen LogP contribution in [0, 0.1) is 11.6 Å². The number of benzene rings is 2. The fourth-order valence-electron chi connectivity index (χ4n) is 5.70. The number of hydrogen-bond acceptors (Lipinski definition) is 6. The molecule has 2 aromatic carbocycles. The first kappa shape index (κ1) is 24.0. The Morgan fingerprint density at radius 3 is 2.78 bits per heavy atom. The van der Waals surface area contributed by atoms with Crippen LogP contribution in [0.15, 0.2) is 46.1 Å². The van der Waals surface area contributed by atoms with Crippen molar-refractivity contribution in [2.24, 2.45) is 0 Å². The van der Waals surface area contributed by atoms with Crippen LogP contribution < -0.4 is 10.9 Å². The van der Waals surface area contributed by atoms with Gasteiger partial charge in [0, 0.05) is 35.0 Å². The van der Waals surface area contributed by atoms with Gasteiger partial charge in [-0.3, -0.25) is 9.59 Å². The zero-order chi connectivity index (χ0) is 25.8. The number of aromatic nitrogens is 1. The van der Waals surface area contributed by atoms with Gasteiger partial charge in [-0.2, -0.15) is 0 Å². The van der Waals surface area contributed by atoms with Crippen molar-refractivity contribution < 1.29 is 23.4 Å². The van der Waals surface area contributed by atoms with Gasteiger partial charge < -0.3 is 20.2 Å². The first-order chi connectivity index (χ1) is 17.9. The van der Waals surface area contributed by atoms with Crippen LogP contribution in [0.5, 0.6) is 5.75 Å². The second-order valence-corrected chi connectivity index (χ2v) is 10.6. The maximum absolute atomic E-state index is 15.1. The minimum Gasteiger partial charge on any atom is -0.502 e. The molecule has 0 aliphatic carbocycles. The van der Waals surface area contributed by atoms with Gasteiger partial charge in [0.25, 0.3) is 5.91 Å². The summed E-state index contributed by atoms with van der Waals surface area (Å²) in [5.41, 5.74) is 4.54. The molecule has 192 valence electrons. The summed E-state index contributed by atoms with van der Waals surface area (Å²) in [5.74, 6) is -2.91. The van der Waals surface area contributed by atoms with Crippen molar-refractivity contribution in [2.75, 3.05) is 19.1 Å². The Morgan fingerprint density at radius 2 is 1.97 bits per heavy atom. The third-order valence-electron chi connectivity index (χ3n) is 7.43. The molecule has 1 saturated heterocycles. The first-order valence-corrected chi connectivity index (χ1v) is 13.2. The van der Waals surface area contributed by atoms with Gasteiger partial charge in [0.05, 0.1) is 18.3 Å². The minimum atomic E-state index is -1.03. The molecule has 1 unspecified atom stereocenters. The number of carbonyl (C=O) groups is 1. The van der Waals surface area contributed by atoms with Gasteiger partial charge in [-0.25, -0.2) is 13.5 Å². The van der Waals surface area contributed by atoms with E-state index in [4.69, 9.17) is 4.74 Å². The van der Waals surface area contributed by atoms with Crippen LogP contribution in [0.1, 0.15) is 46.4 Å². The molecular formula is C27H25F2N3O4S. The number of piperidine rings is 1. The molecule has 2 N–H and O–H groups in total. The van der Waals surface area contributed by atoms with E-state index in [1.807, 2.05) is 24.3 Å². The number of carbonyl (C=O) groups excluding carboxylic acids is 1. The Morgan fingerprint density at radius 1 is 1.16 bits per heavy atom. The van der Waals surface area contributed by atoms with Gasteiger partial charge in [0.2, 0.25) is 5.43 Å². The van der Waals surface area contributed by atoms with E-state index >= 15 is 4.39 Å². The Kier molecular flexibility index (Phi) is 5.95. The summed E-state index contributed by atoms with van der Waals surface area (Å²) in [6.07, 6.45) is 2.15. The lowest BCUT2D eigenvalue weighted by molar-refractivity contribution is 0.0196. The molecular weight excluding hydrogens is 500 g/mol. The number of amides is 1. The van der Waals surface area contributed by atoms with E-state index in [-0.39, 0.29) is 28.7 Å². The predicted molar refractivity (Wildman–Crippen MR) is 135 cm³/mol.